The lowest BCUT2D eigenvalue weighted by atomic mass is 9.84. The number of anilines is 1. The zero-order chi connectivity index (χ0) is 15.2. The molecular formula is C16H24N2O2S. The number of fused-ring (bicyclic) bond motifs is 2. The standard InChI is InChI=1S/C16H24N2O2S/c1-10-3-6-16(15(17)7-10)21(19,20)18-11(2)14-9-12-4-5-13(14)8-12/h3,6-7,11-14,18H,4-5,8-9,17H2,1-2H3. The zero-order valence-electron chi connectivity index (χ0n) is 12.7. The largest absolute Gasteiger partial charge is 0.398 e. The Kier molecular flexibility index (Phi) is 3.74. The van der Waals surface area contributed by atoms with Gasteiger partial charge in [-0.15, -0.1) is 0 Å². The number of rotatable bonds is 4. The molecular weight excluding hydrogens is 284 g/mol. The Morgan fingerprint density at radius 1 is 1.29 bits per heavy atom. The van der Waals surface area contributed by atoms with Crippen molar-refractivity contribution in [3.63, 3.8) is 0 Å². The average Bonchev–Trinajstić information content (AvgIpc) is 2.99. The summed E-state index contributed by atoms with van der Waals surface area (Å²) in [5, 5.41) is 0. The second-order valence-electron chi connectivity index (χ2n) is 6.79. The van der Waals surface area contributed by atoms with Crippen LogP contribution in [0.15, 0.2) is 23.1 Å². The second kappa shape index (κ2) is 5.29. The Labute approximate surface area is 127 Å². The molecule has 3 N–H and O–H groups in total. The molecule has 2 aliphatic carbocycles. The molecule has 4 unspecified atom stereocenters. The highest BCUT2D eigenvalue weighted by atomic mass is 32.2. The fourth-order valence-electron chi connectivity index (χ4n) is 4.21. The maximum atomic E-state index is 12.5. The van der Waals surface area contributed by atoms with Crippen molar-refractivity contribution in [3.8, 4) is 0 Å². The molecule has 5 heteroatoms. The molecule has 2 aliphatic rings. The molecule has 4 nitrogen and oxygen atoms in total. The summed E-state index contributed by atoms with van der Waals surface area (Å²) in [6, 6.07) is 5.07. The number of aryl methyl sites for hydroxylation is 1. The van der Waals surface area contributed by atoms with Crippen molar-refractivity contribution in [2.45, 2.75) is 50.5 Å². The Bertz CT molecular complexity index is 642. The second-order valence-corrected chi connectivity index (χ2v) is 8.47. The summed E-state index contributed by atoms with van der Waals surface area (Å²) >= 11 is 0. The molecule has 0 radical (unpaired) electrons. The Balaban J connectivity index is 1.76. The van der Waals surface area contributed by atoms with Gasteiger partial charge in [0.05, 0.1) is 5.69 Å². The van der Waals surface area contributed by atoms with Crippen molar-refractivity contribution < 1.29 is 8.42 Å². The van der Waals surface area contributed by atoms with Crippen LogP contribution in [0.1, 0.15) is 38.2 Å². The average molecular weight is 308 g/mol. The van der Waals surface area contributed by atoms with Crippen molar-refractivity contribution in [3.05, 3.63) is 23.8 Å². The molecule has 0 saturated heterocycles. The van der Waals surface area contributed by atoms with Gasteiger partial charge in [0.1, 0.15) is 4.90 Å². The van der Waals surface area contributed by atoms with Crippen LogP contribution in [0.25, 0.3) is 0 Å². The number of sulfonamides is 1. The minimum atomic E-state index is -3.54. The lowest BCUT2D eigenvalue weighted by Crippen LogP contribution is -2.40. The molecule has 0 heterocycles. The van der Waals surface area contributed by atoms with Crippen LogP contribution in [0.2, 0.25) is 0 Å². The van der Waals surface area contributed by atoms with Gasteiger partial charge in [-0.05, 0) is 68.6 Å². The summed E-state index contributed by atoms with van der Waals surface area (Å²) in [4.78, 5) is 0.197. The van der Waals surface area contributed by atoms with E-state index < -0.39 is 10.0 Å². The number of hydrogen-bond acceptors (Lipinski definition) is 3. The topological polar surface area (TPSA) is 72.2 Å². The maximum Gasteiger partial charge on any atom is 0.242 e. The molecule has 1 aromatic carbocycles. The molecule has 21 heavy (non-hydrogen) atoms. The summed E-state index contributed by atoms with van der Waals surface area (Å²) in [5.74, 6) is 1.99. The van der Waals surface area contributed by atoms with Crippen molar-refractivity contribution in [1.82, 2.24) is 4.72 Å². The van der Waals surface area contributed by atoms with E-state index in [2.05, 4.69) is 4.72 Å². The molecule has 2 bridgehead atoms. The van der Waals surface area contributed by atoms with Crippen molar-refractivity contribution in [2.24, 2.45) is 17.8 Å². The predicted octanol–water partition coefficient (Wildman–Crippen LogP) is 2.68. The van der Waals surface area contributed by atoms with E-state index in [1.165, 1.54) is 19.3 Å². The SMILES string of the molecule is Cc1ccc(S(=O)(=O)NC(C)C2CC3CCC2C3)c(N)c1. The summed E-state index contributed by atoms with van der Waals surface area (Å²) in [6.07, 6.45) is 5.03. The van der Waals surface area contributed by atoms with Crippen LogP contribution < -0.4 is 10.5 Å². The third-order valence-electron chi connectivity index (χ3n) is 5.23. The zero-order valence-corrected chi connectivity index (χ0v) is 13.5. The molecule has 0 aliphatic heterocycles. The van der Waals surface area contributed by atoms with Gasteiger partial charge in [-0.3, -0.25) is 0 Å². The van der Waals surface area contributed by atoms with E-state index in [-0.39, 0.29) is 10.9 Å². The van der Waals surface area contributed by atoms with E-state index in [0.29, 0.717) is 17.5 Å². The van der Waals surface area contributed by atoms with E-state index >= 15 is 0 Å². The van der Waals surface area contributed by atoms with Crippen LogP contribution in [-0.4, -0.2) is 14.5 Å². The Hall–Kier alpha value is -1.07. The van der Waals surface area contributed by atoms with Crippen LogP contribution in [0, 0.1) is 24.7 Å². The van der Waals surface area contributed by atoms with Gasteiger partial charge in [-0.2, -0.15) is 0 Å². The van der Waals surface area contributed by atoms with Crippen molar-refractivity contribution in [2.75, 3.05) is 5.73 Å². The molecule has 0 aromatic heterocycles. The summed E-state index contributed by atoms with van der Waals surface area (Å²) in [6.45, 7) is 3.89. The number of benzene rings is 1. The van der Waals surface area contributed by atoms with Gasteiger partial charge in [-0.1, -0.05) is 12.5 Å². The lowest BCUT2D eigenvalue weighted by molar-refractivity contribution is 0.280. The monoisotopic (exact) mass is 308 g/mol. The van der Waals surface area contributed by atoms with Gasteiger partial charge in [0.25, 0.3) is 0 Å². The Morgan fingerprint density at radius 3 is 2.62 bits per heavy atom. The molecule has 0 amide bonds. The minimum absolute atomic E-state index is 0.0222. The highest BCUT2D eigenvalue weighted by Gasteiger charge is 2.42. The van der Waals surface area contributed by atoms with Gasteiger partial charge < -0.3 is 5.73 Å². The van der Waals surface area contributed by atoms with E-state index in [0.717, 1.165) is 17.9 Å². The number of nitrogen functional groups attached to an aromatic ring is 1. The lowest BCUT2D eigenvalue weighted by Gasteiger charge is -2.28. The first-order chi connectivity index (χ1) is 9.87. The molecule has 3 rings (SSSR count). The highest BCUT2D eigenvalue weighted by molar-refractivity contribution is 7.89. The smallest absolute Gasteiger partial charge is 0.242 e. The van der Waals surface area contributed by atoms with Gasteiger partial charge in [0.15, 0.2) is 0 Å². The van der Waals surface area contributed by atoms with Crippen LogP contribution in [0.4, 0.5) is 5.69 Å². The highest BCUT2D eigenvalue weighted by Crippen LogP contribution is 2.49. The molecule has 4 atom stereocenters. The minimum Gasteiger partial charge on any atom is -0.398 e. The molecule has 2 saturated carbocycles. The van der Waals surface area contributed by atoms with Crippen LogP contribution in [0.3, 0.4) is 0 Å². The third kappa shape index (κ3) is 2.81. The number of hydrogen-bond donors (Lipinski definition) is 2. The fourth-order valence-corrected chi connectivity index (χ4v) is 5.62. The summed E-state index contributed by atoms with van der Waals surface area (Å²) in [7, 11) is -3.54. The first-order valence-electron chi connectivity index (χ1n) is 7.75. The first kappa shape index (κ1) is 14.9. The van der Waals surface area contributed by atoms with Crippen LogP contribution >= 0.6 is 0 Å². The van der Waals surface area contributed by atoms with Crippen molar-refractivity contribution >= 4 is 15.7 Å². The number of nitrogens with one attached hydrogen (secondary N) is 1. The molecule has 2 fully saturated rings. The Morgan fingerprint density at radius 2 is 2.05 bits per heavy atom. The summed E-state index contributed by atoms with van der Waals surface area (Å²) < 4.78 is 27.9. The molecule has 1 aromatic rings. The fraction of sp³-hybridized carbons (Fsp3) is 0.625. The van der Waals surface area contributed by atoms with Gasteiger partial charge in [0.2, 0.25) is 10.0 Å². The third-order valence-corrected chi connectivity index (χ3v) is 6.86. The maximum absolute atomic E-state index is 12.5. The van der Waals surface area contributed by atoms with Gasteiger partial charge >= 0.3 is 0 Å². The first-order valence-corrected chi connectivity index (χ1v) is 9.23. The number of nitrogens with two attached hydrogens (primary N) is 1. The van der Waals surface area contributed by atoms with E-state index in [4.69, 9.17) is 5.73 Å². The van der Waals surface area contributed by atoms with Gasteiger partial charge in [0, 0.05) is 6.04 Å². The molecule has 0 spiro atoms. The van der Waals surface area contributed by atoms with Crippen molar-refractivity contribution in [1.29, 1.82) is 0 Å². The van der Waals surface area contributed by atoms with Crippen LogP contribution in [0.5, 0.6) is 0 Å². The predicted molar refractivity (Wildman–Crippen MR) is 84.3 cm³/mol. The van der Waals surface area contributed by atoms with E-state index in [1.54, 1.807) is 18.2 Å². The quantitative estimate of drug-likeness (QED) is 0.840. The normalized spacial score (nSPS) is 29.7. The van der Waals surface area contributed by atoms with Gasteiger partial charge in [-0.25, -0.2) is 13.1 Å². The summed E-state index contributed by atoms with van der Waals surface area (Å²) in [5.41, 5.74) is 7.17. The van der Waals surface area contributed by atoms with Crippen LogP contribution in [-0.2, 0) is 10.0 Å². The van der Waals surface area contributed by atoms with E-state index in [1.807, 2.05) is 13.8 Å². The van der Waals surface area contributed by atoms with E-state index in [9.17, 15) is 8.42 Å². The molecule has 116 valence electrons.